The second-order valence-corrected chi connectivity index (χ2v) is 16.4. The highest BCUT2D eigenvalue weighted by molar-refractivity contribution is 6.03. The number of aliphatic hydroxyl groups is 5. The smallest absolute Gasteiger partial charge is 1.00 e. The molecule has 62 heavy (non-hydrogen) atoms. The van der Waals surface area contributed by atoms with Gasteiger partial charge in [-0.3, -0.25) is 24.5 Å². The molecular weight excluding hydrogens is 816 g/mol. The second-order valence-electron chi connectivity index (χ2n) is 16.4. The minimum Gasteiger partial charge on any atom is -1.00 e. The number of fused-ring (bicyclic) bond motifs is 1. The summed E-state index contributed by atoms with van der Waals surface area (Å²) in [5.41, 5.74) is 8.14. The number of pyridine rings is 1. The summed E-state index contributed by atoms with van der Waals surface area (Å²) in [5.74, 6) is 0.212. The van der Waals surface area contributed by atoms with Crippen LogP contribution in [0.15, 0.2) is 48.8 Å². The van der Waals surface area contributed by atoms with Crippen molar-refractivity contribution in [1.29, 1.82) is 0 Å². The number of allylic oxidation sites excluding steroid dienone is 1. The summed E-state index contributed by atoms with van der Waals surface area (Å²) in [6, 6.07) is 3.22. The number of nitrogens with two attached hydrogens (primary N) is 1. The van der Waals surface area contributed by atoms with E-state index in [4.69, 9.17) is 15.6 Å². The third kappa shape index (κ3) is 16.8. The van der Waals surface area contributed by atoms with Crippen LogP contribution in [0.1, 0.15) is 150 Å². The normalized spacial score (nSPS) is 21.7. The Hall–Kier alpha value is -3.61. The molecule has 2 fully saturated rings. The third-order valence-electron chi connectivity index (χ3n) is 11.5. The first-order valence-corrected chi connectivity index (χ1v) is 22.4. The van der Waals surface area contributed by atoms with Crippen LogP contribution in [0.2, 0.25) is 0 Å². The van der Waals surface area contributed by atoms with Crippen LogP contribution in [0.3, 0.4) is 0 Å². The molecule has 0 aliphatic carbocycles. The van der Waals surface area contributed by atoms with E-state index in [1.54, 1.807) is 12.4 Å². The van der Waals surface area contributed by atoms with Gasteiger partial charge in [-0.15, -0.1) is 0 Å². The van der Waals surface area contributed by atoms with Crippen molar-refractivity contribution in [2.24, 2.45) is 5.73 Å². The van der Waals surface area contributed by atoms with Crippen LogP contribution < -0.4 is 28.8 Å². The molecule has 2 saturated heterocycles. The molecule has 17 heteroatoms. The van der Waals surface area contributed by atoms with Crippen molar-refractivity contribution in [1.82, 2.24) is 29.8 Å². The standard InChI is InChI=1S/C18H39NO2.C15H21N5O4.C12H14N2O2.ClH/c1-2-3-4-5-6-7-8-9-10-11-12-13-14-15-18(21)17(19)16-20;1-8(2)3-4-16-13-10-14(18-6-17-13)20(7-19-10)15-12(23)11(22)9(5-21)24-15;1-2-12(9-4-7-13-8-5-9)6-3-10(15)14-11(12)16;/h17-18,20-21H,2-16,19H2,1H3;3,6-7,9,11-12,15,21-23H,4-5H2,1-2H3,(H,16,17,18);4-5,7-8H,2-3,6H2,1H3,(H,14,15,16);1H/t17-,18-;9-,11-,12-,15-;;/m01../s1. The predicted octanol–water partition coefficient (Wildman–Crippen LogP) is 2.25. The number of piperidine rings is 1. The van der Waals surface area contributed by atoms with Crippen LogP contribution in [0.5, 0.6) is 0 Å². The summed E-state index contributed by atoms with van der Waals surface area (Å²) in [5, 5.41) is 53.3. The number of imidazole rings is 1. The molecule has 2 aliphatic rings. The number of carbonyl (C=O) groups excluding carboxylic acids is 2. The number of aromatic nitrogens is 5. The molecule has 0 aromatic carbocycles. The van der Waals surface area contributed by atoms with Gasteiger partial charge >= 0.3 is 1.43 Å². The van der Waals surface area contributed by atoms with Crippen molar-refractivity contribution < 1.29 is 53.7 Å². The summed E-state index contributed by atoms with van der Waals surface area (Å²) >= 11 is 0. The van der Waals surface area contributed by atoms with E-state index in [1.165, 1.54) is 99.8 Å². The Morgan fingerprint density at radius 1 is 0.968 bits per heavy atom. The molecule has 16 nitrogen and oxygen atoms in total. The molecule has 0 spiro atoms. The molecular formula is C45H75ClN8O8. The fourth-order valence-electron chi connectivity index (χ4n) is 7.57. The van der Waals surface area contributed by atoms with Crippen molar-refractivity contribution in [3.63, 3.8) is 0 Å². The number of nitrogens with one attached hydrogen (secondary N) is 2. The Kier molecular flexibility index (Phi) is 26.1. The molecule has 2 amide bonds. The van der Waals surface area contributed by atoms with Gasteiger partial charge in [-0.05, 0) is 50.8 Å². The number of hydrogen-bond donors (Lipinski definition) is 8. The number of imide groups is 1. The van der Waals surface area contributed by atoms with Gasteiger partial charge in [0.15, 0.2) is 23.2 Å². The average molecular weight is 892 g/mol. The Bertz CT molecular complexity index is 1740. The molecule has 9 N–H and O–H groups in total. The Morgan fingerprint density at radius 3 is 2.11 bits per heavy atom. The fourth-order valence-corrected chi connectivity index (χ4v) is 7.57. The number of rotatable bonds is 23. The van der Waals surface area contributed by atoms with Gasteiger partial charge in [0, 0.05) is 25.4 Å². The topological polar surface area (TPSA) is 251 Å². The van der Waals surface area contributed by atoms with E-state index in [-0.39, 0.29) is 38.9 Å². The lowest BCUT2D eigenvalue weighted by Crippen LogP contribution is -3.00. The van der Waals surface area contributed by atoms with E-state index in [1.807, 2.05) is 39.0 Å². The molecule has 3 aromatic rings. The zero-order chi connectivity index (χ0) is 44.6. The van der Waals surface area contributed by atoms with Crippen molar-refractivity contribution in [3.05, 3.63) is 54.4 Å². The number of ether oxygens (including phenoxy) is 1. The molecule has 2 aliphatic heterocycles. The number of hydrogen-bond acceptors (Lipinski definition) is 14. The minimum absolute atomic E-state index is 0. The molecule has 5 rings (SSSR count). The molecule has 1 unspecified atom stereocenters. The quantitative estimate of drug-likeness (QED) is 0.0387. The van der Waals surface area contributed by atoms with E-state index in [2.05, 4.69) is 37.5 Å². The van der Waals surface area contributed by atoms with Gasteiger partial charge in [0.2, 0.25) is 11.8 Å². The van der Waals surface area contributed by atoms with Gasteiger partial charge < -0.3 is 53.7 Å². The average Bonchev–Trinajstić information content (AvgIpc) is 3.82. The fraction of sp³-hybridized carbons (Fsp3) is 0.689. The first-order valence-electron chi connectivity index (χ1n) is 22.4. The number of halogens is 1. The SMILES string of the molecule is CC(C)=CCNc1ncnc2c1ncn2[C@@H]1O[C@H](CO)[C@@H](O)[C@H]1O.CCC1(c2ccncc2)CCC(=O)NC1=O.CCCCCCCCCCCCCCC[C@H](O)[C@@H](N)CO.[Cl-].[H+]. The van der Waals surface area contributed by atoms with Gasteiger partial charge in [0.1, 0.15) is 24.6 Å². The zero-order valence-electron chi connectivity index (χ0n) is 38.3. The number of carbonyl (C=O) groups is 2. The maximum atomic E-state index is 12.0. The molecule has 0 saturated carbocycles. The van der Waals surface area contributed by atoms with E-state index >= 15 is 0 Å². The molecule has 5 heterocycles. The largest absolute Gasteiger partial charge is 1.00 e. The lowest BCUT2D eigenvalue weighted by molar-refractivity contribution is -0.138. The summed E-state index contributed by atoms with van der Waals surface area (Å²) < 4.78 is 7.06. The molecule has 350 valence electrons. The first-order chi connectivity index (χ1) is 29.4. The number of amides is 2. The Morgan fingerprint density at radius 2 is 1.58 bits per heavy atom. The van der Waals surface area contributed by atoms with E-state index in [0.29, 0.717) is 42.8 Å². The van der Waals surface area contributed by atoms with Crippen LogP contribution in [0.4, 0.5) is 5.82 Å². The van der Waals surface area contributed by atoms with E-state index < -0.39 is 42.1 Å². The number of aliphatic hydroxyl groups excluding tert-OH is 5. The molecule has 3 aromatic heterocycles. The van der Waals surface area contributed by atoms with Gasteiger partial charge in [-0.2, -0.15) is 0 Å². The molecule has 0 bridgehead atoms. The maximum absolute atomic E-state index is 12.0. The van der Waals surface area contributed by atoms with Crippen LogP contribution in [-0.4, -0.2) is 112 Å². The van der Waals surface area contributed by atoms with Gasteiger partial charge in [0.05, 0.1) is 37.1 Å². The number of anilines is 1. The predicted molar refractivity (Wildman–Crippen MR) is 237 cm³/mol. The van der Waals surface area contributed by atoms with Crippen molar-refractivity contribution >= 4 is 28.8 Å². The number of unbranched alkanes of at least 4 members (excludes halogenated alkanes) is 12. The third-order valence-corrected chi connectivity index (χ3v) is 11.5. The maximum Gasteiger partial charge on any atom is 1.00 e. The lowest BCUT2D eigenvalue weighted by atomic mass is 9.72. The van der Waals surface area contributed by atoms with Gasteiger partial charge in [-0.1, -0.05) is 109 Å². The highest BCUT2D eigenvalue weighted by Gasteiger charge is 2.44. The van der Waals surface area contributed by atoms with E-state index in [9.17, 15) is 30.0 Å². The van der Waals surface area contributed by atoms with E-state index in [0.717, 1.165) is 18.4 Å². The van der Waals surface area contributed by atoms with Crippen molar-refractivity contribution in [3.8, 4) is 0 Å². The summed E-state index contributed by atoms with van der Waals surface area (Å²) in [6.45, 7) is 8.35. The Balaban J connectivity index is 0.000000474. The highest BCUT2D eigenvalue weighted by atomic mass is 35.5. The second kappa shape index (κ2) is 29.7. The van der Waals surface area contributed by atoms with Gasteiger partial charge in [0.25, 0.3) is 0 Å². The molecule has 0 radical (unpaired) electrons. The summed E-state index contributed by atoms with van der Waals surface area (Å²) in [6.07, 6.45) is 23.4. The van der Waals surface area contributed by atoms with Crippen LogP contribution in [0.25, 0.3) is 11.2 Å². The minimum atomic E-state index is -1.18. The summed E-state index contributed by atoms with van der Waals surface area (Å²) in [4.78, 5) is 39.8. The first kappa shape index (κ1) is 54.5. The van der Waals surface area contributed by atoms with Crippen LogP contribution >= 0.6 is 0 Å². The number of nitrogens with zero attached hydrogens (tertiary/aromatic N) is 5. The molecule has 7 atom stereocenters. The summed E-state index contributed by atoms with van der Waals surface area (Å²) in [7, 11) is 0. The van der Waals surface area contributed by atoms with Crippen LogP contribution in [-0.2, 0) is 19.7 Å². The highest BCUT2D eigenvalue weighted by Crippen LogP contribution is 2.35. The lowest BCUT2D eigenvalue weighted by Gasteiger charge is -2.34. The Labute approximate surface area is 375 Å². The zero-order valence-corrected chi connectivity index (χ0v) is 38.1. The van der Waals surface area contributed by atoms with Crippen molar-refractivity contribution in [2.75, 3.05) is 25.1 Å². The van der Waals surface area contributed by atoms with Crippen LogP contribution in [0, 0.1) is 0 Å². The van der Waals surface area contributed by atoms with Gasteiger partial charge in [-0.25, -0.2) is 15.0 Å². The van der Waals surface area contributed by atoms with Crippen molar-refractivity contribution in [2.45, 2.75) is 179 Å². The monoisotopic (exact) mass is 891 g/mol.